The van der Waals surface area contributed by atoms with Crippen LogP contribution in [0.4, 0.5) is 0 Å². The Morgan fingerprint density at radius 3 is 2.52 bits per heavy atom. The van der Waals surface area contributed by atoms with Crippen LogP contribution in [0.25, 0.3) is 0 Å². The predicted octanol–water partition coefficient (Wildman–Crippen LogP) is 1.33. The van der Waals surface area contributed by atoms with Gasteiger partial charge in [-0.3, -0.25) is 14.4 Å². The third kappa shape index (κ3) is 4.53. The number of nitrogens with zero attached hydrogens (tertiary/aromatic N) is 1. The molecule has 0 atom stereocenters. The second-order valence-electron chi connectivity index (χ2n) is 6.95. The number of carbonyl (C=O) groups is 3. The molecule has 1 saturated carbocycles. The van der Waals surface area contributed by atoms with E-state index in [9.17, 15) is 19.2 Å². The van der Waals surface area contributed by atoms with Crippen molar-refractivity contribution in [2.24, 2.45) is 0 Å². The Balaban J connectivity index is 1.97. The summed E-state index contributed by atoms with van der Waals surface area (Å²) in [5, 5.41) is 5.34. The maximum Gasteiger partial charge on any atom is 0.337 e. The molecule has 1 aromatic carbocycles. The van der Waals surface area contributed by atoms with Gasteiger partial charge in [-0.2, -0.15) is 0 Å². The number of nitrogens with one attached hydrogen (secondary N) is 2. The number of ether oxygens (including phenoxy) is 1. The molecule has 1 aliphatic carbocycles. The summed E-state index contributed by atoms with van der Waals surface area (Å²) < 4.78 is 6.02. The molecule has 152 valence electrons. The molecule has 0 bridgehead atoms. The van der Waals surface area contributed by atoms with Crippen LogP contribution in [0.2, 0.25) is 0 Å². The van der Waals surface area contributed by atoms with Gasteiger partial charge in [-0.05, 0) is 43.0 Å². The Labute approximate surface area is 167 Å². The van der Waals surface area contributed by atoms with Gasteiger partial charge in [-0.25, -0.2) is 4.79 Å². The highest BCUT2D eigenvalue weighted by molar-refractivity contribution is 5.99. The molecule has 29 heavy (non-hydrogen) atoms. The second kappa shape index (κ2) is 8.72. The van der Waals surface area contributed by atoms with Crippen molar-refractivity contribution in [2.75, 3.05) is 14.2 Å². The number of rotatable bonds is 6. The van der Waals surface area contributed by atoms with Crippen molar-refractivity contribution in [1.29, 1.82) is 0 Å². The van der Waals surface area contributed by atoms with E-state index < -0.39 is 17.4 Å². The summed E-state index contributed by atoms with van der Waals surface area (Å²) in [7, 11) is 2.71. The average Bonchev–Trinajstić information content (AvgIpc) is 2.71. The Morgan fingerprint density at radius 1 is 1.14 bits per heavy atom. The van der Waals surface area contributed by atoms with Crippen molar-refractivity contribution in [3.05, 3.63) is 69.1 Å². The van der Waals surface area contributed by atoms with Crippen LogP contribution >= 0.6 is 0 Å². The Bertz CT molecular complexity index is 1010. The molecule has 0 unspecified atom stereocenters. The van der Waals surface area contributed by atoms with Crippen LogP contribution < -0.4 is 16.2 Å². The van der Waals surface area contributed by atoms with Crippen molar-refractivity contribution < 1.29 is 19.1 Å². The largest absolute Gasteiger partial charge is 0.465 e. The topological polar surface area (TPSA) is 106 Å². The zero-order chi connectivity index (χ0) is 21.0. The van der Waals surface area contributed by atoms with Crippen molar-refractivity contribution in [1.82, 2.24) is 15.2 Å². The standard InChI is InChI=1S/C21H23N3O5/c1-22-19(26)17-10-15(18(25)23-16-7-4-8-16)12-24(20(17)27)11-13-5-3-6-14(9-13)21(28)29-2/h3,5-6,9-10,12,16H,4,7-8,11H2,1-2H3,(H,22,26)(H,23,25). The Kier molecular flexibility index (Phi) is 6.11. The molecule has 8 nitrogen and oxygen atoms in total. The fourth-order valence-electron chi connectivity index (χ4n) is 3.11. The first-order valence-corrected chi connectivity index (χ1v) is 9.37. The molecule has 3 rings (SSSR count). The van der Waals surface area contributed by atoms with E-state index in [1.165, 1.54) is 31.0 Å². The van der Waals surface area contributed by atoms with Gasteiger partial charge in [-0.1, -0.05) is 12.1 Å². The van der Waals surface area contributed by atoms with Crippen LogP contribution in [0.3, 0.4) is 0 Å². The maximum atomic E-state index is 12.8. The van der Waals surface area contributed by atoms with Gasteiger partial charge in [0, 0.05) is 19.3 Å². The molecule has 1 aliphatic rings. The third-order valence-electron chi connectivity index (χ3n) is 4.96. The zero-order valence-corrected chi connectivity index (χ0v) is 16.4. The summed E-state index contributed by atoms with van der Waals surface area (Å²) in [5.74, 6) is -1.37. The lowest BCUT2D eigenvalue weighted by atomic mass is 9.93. The molecule has 0 aliphatic heterocycles. The highest BCUT2D eigenvalue weighted by Crippen LogP contribution is 2.18. The van der Waals surface area contributed by atoms with E-state index in [0.29, 0.717) is 11.1 Å². The first kappa shape index (κ1) is 20.3. The van der Waals surface area contributed by atoms with Crippen LogP contribution in [-0.2, 0) is 11.3 Å². The first-order valence-electron chi connectivity index (χ1n) is 9.37. The zero-order valence-electron chi connectivity index (χ0n) is 16.4. The summed E-state index contributed by atoms with van der Waals surface area (Å²) in [5.41, 5.74) is 0.614. The Morgan fingerprint density at radius 2 is 1.90 bits per heavy atom. The van der Waals surface area contributed by atoms with Gasteiger partial charge < -0.3 is 19.9 Å². The minimum absolute atomic E-state index is 0.0954. The quantitative estimate of drug-likeness (QED) is 0.715. The van der Waals surface area contributed by atoms with Gasteiger partial charge in [0.25, 0.3) is 17.4 Å². The summed E-state index contributed by atoms with van der Waals surface area (Å²) in [4.78, 5) is 49.3. The summed E-state index contributed by atoms with van der Waals surface area (Å²) in [6.07, 6.45) is 4.36. The number of methoxy groups -OCH3 is 1. The molecular formula is C21H23N3O5. The van der Waals surface area contributed by atoms with E-state index >= 15 is 0 Å². The van der Waals surface area contributed by atoms with Crippen molar-refractivity contribution in [2.45, 2.75) is 31.8 Å². The van der Waals surface area contributed by atoms with E-state index in [1.807, 2.05) is 0 Å². The molecule has 1 heterocycles. The smallest absolute Gasteiger partial charge is 0.337 e. The van der Waals surface area contributed by atoms with Crippen LogP contribution in [0.1, 0.15) is 55.9 Å². The minimum Gasteiger partial charge on any atom is -0.465 e. The molecule has 1 fully saturated rings. The molecule has 2 amide bonds. The van der Waals surface area contributed by atoms with Gasteiger partial charge in [-0.15, -0.1) is 0 Å². The molecule has 0 spiro atoms. The van der Waals surface area contributed by atoms with Crippen LogP contribution in [0.5, 0.6) is 0 Å². The van der Waals surface area contributed by atoms with Gasteiger partial charge in [0.1, 0.15) is 5.56 Å². The molecule has 2 N–H and O–H groups in total. The predicted molar refractivity (Wildman–Crippen MR) is 106 cm³/mol. The molecular weight excluding hydrogens is 374 g/mol. The molecule has 8 heteroatoms. The maximum absolute atomic E-state index is 12.8. The SMILES string of the molecule is CNC(=O)c1cc(C(=O)NC2CCC2)cn(Cc2cccc(C(=O)OC)c2)c1=O. The number of amides is 2. The summed E-state index contributed by atoms with van der Waals surface area (Å²) in [6, 6.07) is 8.09. The number of hydrogen-bond donors (Lipinski definition) is 2. The van der Waals surface area contributed by atoms with Crippen LogP contribution in [-0.4, -0.2) is 42.6 Å². The number of aromatic nitrogens is 1. The lowest BCUT2D eigenvalue weighted by molar-refractivity contribution is 0.0600. The van der Waals surface area contributed by atoms with Gasteiger partial charge in [0.2, 0.25) is 0 Å². The molecule has 0 radical (unpaired) electrons. The Hall–Kier alpha value is -3.42. The molecule has 0 saturated heterocycles. The number of esters is 1. The normalized spacial score (nSPS) is 13.3. The third-order valence-corrected chi connectivity index (χ3v) is 4.96. The van der Waals surface area contributed by atoms with Gasteiger partial charge in [0.15, 0.2) is 0 Å². The van der Waals surface area contributed by atoms with E-state index in [1.54, 1.807) is 24.3 Å². The van der Waals surface area contributed by atoms with E-state index in [4.69, 9.17) is 4.74 Å². The van der Waals surface area contributed by atoms with E-state index in [-0.39, 0.29) is 29.6 Å². The highest BCUT2D eigenvalue weighted by Gasteiger charge is 2.22. The van der Waals surface area contributed by atoms with Crippen LogP contribution in [0.15, 0.2) is 41.3 Å². The number of pyridine rings is 1. The lowest BCUT2D eigenvalue weighted by Crippen LogP contribution is -2.40. The number of benzene rings is 1. The number of carbonyl (C=O) groups excluding carboxylic acids is 3. The fraction of sp³-hybridized carbons (Fsp3) is 0.333. The van der Waals surface area contributed by atoms with E-state index in [0.717, 1.165) is 19.3 Å². The average molecular weight is 397 g/mol. The van der Waals surface area contributed by atoms with Gasteiger partial charge >= 0.3 is 5.97 Å². The summed E-state index contributed by atoms with van der Waals surface area (Å²) in [6.45, 7) is 0.0954. The summed E-state index contributed by atoms with van der Waals surface area (Å²) >= 11 is 0. The van der Waals surface area contributed by atoms with Crippen molar-refractivity contribution in [3.8, 4) is 0 Å². The number of hydrogen-bond acceptors (Lipinski definition) is 5. The molecule has 2 aromatic rings. The van der Waals surface area contributed by atoms with Gasteiger partial charge in [0.05, 0.1) is 24.8 Å². The fourth-order valence-corrected chi connectivity index (χ4v) is 3.11. The van der Waals surface area contributed by atoms with Crippen LogP contribution in [0, 0.1) is 0 Å². The molecule has 1 aromatic heterocycles. The van der Waals surface area contributed by atoms with Crippen molar-refractivity contribution in [3.63, 3.8) is 0 Å². The second-order valence-corrected chi connectivity index (χ2v) is 6.95. The highest BCUT2D eigenvalue weighted by atomic mass is 16.5. The lowest BCUT2D eigenvalue weighted by Gasteiger charge is -2.26. The monoisotopic (exact) mass is 397 g/mol. The van der Waals surface area contributed by atoms with E-state index in [2.05, 4.69) is 10.6 Å². The minimum atomic E-state index is -0.564. The van der Waals surface area contributed by atoms with Crippen molar-refractivity contribution >= 4 is 17.8 Å². The first-order chi connectivity index (χ1) is 13.9.